The largest absolute Gasteiger partial charge is 0.452 e. The minimum absolute atomic E-state index is 0.117. The van der Waals surface area contributed by atoms with Gasteiger partial charge in [0.05, 0.1) is 10.5 Å². The van der Waals surface area contributed by atoms with Crippen LogP contribution in [0.3, 0.4) is 0 Å². The van der Waals surface area contributed by atoms with E-state index in [1.165, 1.54) is 38.4 Å². The highest BCUT2D eigenvalue weighted by Gasteiger charge is 2.17. The molecule has 2 aromatic rings. The Morgan fingerprint density at radius 2 is 1.67 bits per heavy atom. The first kappa shape index (κ1) is 20.6. The molecular weight excluding hydrogens is 368 g/mol. The smallest absolute Gasteiger partial charge is 0.338 e. The molecule has 0 aliphatic rings. The fourth-order valence-electron chi connectivity index (χ4n) is 2.28. The van der Waals surface area contributed by atoms with Crippen molar-refractivity contribution in [1.29, 1.82) is 0 Å². The number of rotatable bonds is 6. The number of hydrogen-bond acceptors (Lipinski definition) is 5. The van der Waals surface area contributed by atoms with Crippen LogP contribution in [-0.2, 0) is 19.6 Å². The van der Waals surface area contributed by atoms with Crippen LogP contribution in [0.4, 0.5) is 5.69 Å². The van der Waals surface area contributed by atoms with Gasteiger partial charge in [0, 0.05) is 19.8 Å². The number of anilines is 1. The quantitative estimate of drug-likeness (QED) is 0.765. The van der Waals surface area contributed by atoms with E-state index in [4.69, 9.17) is 4.74 Å². The van der Waals surface area contributed by atoms with Crippen LogP contribution in [0.25, 0.3) is 0 Å². The van der Waals surface area contributed by atoms with E-state index in [-0.39, 0.29) is 4.90 Å². The molecule has 0 spiro atoms. The third kappa shape index (κ3) is 5.15. The van der Waals surface area contributed by atoms with Gasteiger partial charge in [0.15, 0.2) is 6.61 Å². The number of amides is 1. The number of nitrogens with zero attached hydrogens (tertiary/aromatic N) is 1. The molecule has 8 heteroatoms. The van der Waals surface area contributed by atoms with Gasteiger partial charge in [0.25, 0.3) is 5.91 Å². The first-order valence-corrected chi connectivity index (χ1v) is 9.62. The van der Waals surface area contributed by atoms with Gasteiger partial charge in [-0.2, -0.15) is 0 Å². The summed E-state index contributed by atoms with van der Waals surface area (Å²) in [6.45, 7) is 3.21. The number of carbonyl (C=O) groups excluding carboxylic acids is 2. The SMILES string of the molecule is Cc1ccc(C)c(C(=O)OCC(=O)Nc2ccc(S(=O)(=O)N(C)C)cc2)c1. The minimum atomic E-state index is -3.53. The highest BCUT2D eigenvalue weighted by Crippen LogP contribution is 2.17. The Balaban J connectivity index is 1.96. The van der Waals surface area contributed by atoms with Crippen LogP contribution in [0.1, 0.15) is 21.5 Å². The molecule has 2 aromatic carbocycles. The molecule has 2 rings (SSSR count). The molecule has 0 bridgehead atoms. The standard InChI is InChI=1S/C19H22N2O5S/c1-13-5-6-14(2)17(11-13)19(23)26-12-18(22)20-15-7-9-16(10-8-15)27(24,25)21(3)4/h5-11H,12H2,1-4H3,(H,20,22). The van der Waals surface area contributed by atoms with Crippen molar-refractivity contribution in [1.82, 2.24) is 4.31 Å². The van der Waals surface area contributed by atoms with Gasteiger partial charge in [0.1, 0.15) is 0 Å². The number of sulfonamides is 1. The van der Waals surface area contributed by atoms with Crippen molar-refractivity contribution < 1.29 is 22.7 Å². The van der Waals surface area contributed by atoms with Gasteiger partial charge in [-0.3, -0.25) is 4.79 Å². The molecule has 27 heavy (non-hydrogen) atoms. The van der Waals surface area contributed by atoms with Gasteiger partial charge in [-0.1, -0.05) is 17.7 Å². The molecule has 0 aliphatic carbocycles. The highest BCUT2D eigenvalue weighted by molar-refractivity contribution is 7.89. The highest BCUT2D eigenvalue weighted by atomic mass is 32.2. The second-order valence-electron chi connectivity index (χ2n) is 6.25. The number of benzene rings is 2. The number of carbonyl (C=O) groups is 2. The Hall–Kier alpha value is -2.71. The zero-order valence-corrected chi connectivity index (χ0v) is 16.5. The van der Waals surface area contributed by atoms with Crippen LogP contribution in [-0.4, -0.2) is 45.3 Å². The van der Waals surface area contributed by atoms with Crippen molar-refractivity contribution in [2.45, 2.75) is 18.7 Å². The summed E-state index contributed by atoms with van der Waals surface area (Å²) in [4.78, 5) is 24.2. The van der Waals surface area contributed by atoms with E-state index in [1.807, 2.05) is 19.1 Å². The second kappa shape index (κ2) is 8.32. The summed E-state index contributed by atoms with van der Waals surface area (Å²) in [6.07, 6.45) is 0. The van der Waals surface area contributed by atoms with E-state index in [0.29, 0.717) is 11.3 Å². The molecule has 0 saturated carbocycles. The maximum absolute atomic E-state index is 12.1. The Labute approximate surface area is 159 Å². The van der Waals surface area contributed by atoms with Crippen LogP contribution < -0.4 is 5.32 Å². The molecule has 0 aromatic heterocycles. The number of aryl methyl sites for hydroxylation is 2. The summed E-state index contributed by atoms with van der Waals surface area (Å²) < 4.78 is 30.2. The zero-order valence-electron chi connectivity index (χ0n) is 15.6. The first-order chi connectivity index (χ1) is 12.6. The number of esters is 1. The summed E-state index contributed by atoms with van der Waals surface area (Å²) in [5, 5.41) is 2.56. The molecule has 0 saturated heterocycles. The fourth-order valence-corrected chi connectivity index (χ4v) is 3.18. The van der Waals surface area contributed by atoms with Crippen molar-refractivity contribution in [2.24, 2.45) is 0 Å². The molecule has 7 nitrogen and oxygen atoms in total. The van der Waals surface area contributed by atoms with E-state index >= 15 is 0 Å². The van der Waals surface area contributed by atoms with Gasteiger partial charge in [-0.15, -0.1) is 0 Å². The topological polar surface area (TPSA) is 92.8 Å². The third-order valence-electron chi connectivity index (χ3n) is 3.86. The van der Waals surface area contributed by atoms with Crippen molar-refractivity contribution in [2.75, 3.05) is 26.0 Å². The summed E-state index contributed by atoms with van der Waals surface area (Å²) in [5.41, 5.74) is 2.51. The van der Waals surface area contributed by atoms with E-state index in [1.54, 1.807) is 13.0 Å². The summed E-state index contributed by atoms with van der Waals surface area (Å²) in [7, 11) is -0.651. The normalized spacial score (nSPS) is 11.3. The van der Waals surface area contributed by atoms with Crippen molar-refractivity contribution in [3.05, 3.63) is 59.2 Å². The lowest BCUT2D eigenvalue weighted by atomic mass is 10.1. The van der Waals surface area contributed by atoms with Crippen LogP contribution in [0, 0.1) is 13.8 Å². The fraction of sp³-hybridized carbons (Fsp3) is 0.263. The van der Waals surface area contributed by atoms with Crippen LogP contribution in [0.5, 0.6) is 0 Å². The molecule has 1 amide bonds. The average Bonchev–Trinajstić information content (AvgIpc) is 2.62. The Morgan fingerprint density at radius 3 is 2.26 bits per heavy atom. The predicted octanol–water partition coefficient (Wildman–Crippen LogP) is 2.35. The number of nitrogens with one attached hydrogen (secondary N) is 1. The van der Waals surface area contributed by atoms with E-state index < -0.39 is 28.5 Å². The van der Waals surface area contributed by atoms with Gasteiger partial charge in [0.2, 0.25) is 10.0 Å². The van der Waals surface area contributed by atoms with Crippen LogP contribution in [0.15, 0.2) is 47.4 Å². The van der Waals surface area contributed by atoms with E-state index in [0.717, 1.165) is 15.4 Å². The number of ether oxygens (including phenoxy) is 1. The van der Waals surface area contributed by atoms with Gasteiger partial charge < -0.3 is 10.1 Å². The molecule has 144 valence electrons. The maximum Gasteiger partial charge on any atom is 0.338 e. The molecule has 0 fully saturated rings. The molecule has 0 heterocycles. The minimum Gasteiger partial charge on any atom is -0.452 e. The monoisotopic (exact) mass is 390 g/mol. The van der Waals surface area contributed by atoms with Gasteiger partial charge in [-0.05, 0) is 49.7 Å². The lowest BCUT2D eigenvalue weighted by molar-refractivity contribution is -0.119. The van der Waals surface area contributed by atoms with E-state index in [9.17, 15) is 18.0 Å². The molecular formula is C19H22N2O5S. The molecule has 0 unspecified atom stereocenters. The van der Waals surface area contributed by atoms with Crippen molar-refractivity contribution >= 4 is 27.6 Å². The Bertz CT molecular complexity index is 951. The lowest BCUT2D eigenvalue weighted by Crippen LogP contribution is -2.23. The van der Waals surface area contributed by atoms with Crippen molar-refractivity contribution in [3.63, 3.8) is 0 Å². The third-order valence-corrected chi connectivity index (χ3v) is 5.69. The van der Waals surface area contributed by atoms with Crippen LogP contribution >= 0.6 is 0 Å². The van der Waals surface area contributed by atoms with E-state index in [2.05, 4.69) is 5.32 Å². The zero-order chi connectivity index (χ0) is 20.2. The molecule has 0 aliphatic heterocycles. The summed E-state index contributed by atoms with van der Waals surface area (Å²) in [6, 6.07) is 11.1. The average molecular weight is 390 g/mol. The van der Waals surface area contributed by atoms with Crippen LogP contribution in [0.2, 0.25) is 0 Å². The lowest BCUT2D eigenvalue weighted by Gasteiger charge is -2.12. The molecule has 1 N–H and O–H groups in total. The number of hydrogen-bond donors (Lipinski definition) is 1. The summed E-state index contributed by atoms with van der Waals surface area (Å²) >= 11 is 0. The molecule has 0 atom stereocenters. The first-order valence-electron chi connectivity index (χ1n) is 8.18. The predicted molar refractivity (Wildman–Crippen MR) is 102 cm³/mol. The summed E-state index contributed by atoms with van der Waals surface area (Å²) in [5.74, 6) is -1.09. The van der Waals surface area contributed by atoms with Gasteiger partial charge >= 0.3 is 5.97 Å². The van der Waals surface area contributed by atoms with Gasteiger partial charge in [-0.25, -0.2) is 17.5 Å². The Morgan fingerprint density at radius 1 is 1.04 bits per heavy atom. The Kier molecular flexibility index (Phi) is 6.35. The maximum atomic E-state index is 12.1. The second-order valence-corrected chi connectivity index (χ2v) is 8.41. The van der Waals surface area contributed by atoms with Crippen molar-refractivity contribution in [3.8, 4) is 0 Å². The molecule has 0 radical (unpaired) electrons.